The number of ether oxygens (including phenoxy) is 2. The van der Waals surface area contributed by atoms with Crippen molar-refractivity contribution in [1.82, 2.24) is 10.2 Å². The van der Waals surface area contributed by atoms with Crippen LogP contribution in [0.1, 0.15) is 12.8 Å². The van der Waals surface area contributed by atoms with Crippen LogP contribution in [0.4, 0.5) is 15.3 Å². The summed E-state index contributed by atoms with van der Waals surface area (Å²) >= 11 is 0. The Morgan fingerprint density at radius 1 is 1.22 bits per heavy atom. The number of para-hydroxylation sites is 2. The number of hydrogen-bond donors (Lipinski definition) is 2. The molecule has 0 aromatic heterocycles. The molecule has 1 aliphatic rings. The van der Waals surface area contributed by atoms with Gasteiger partial charge in [0.2, 0.25) is 0 Å². The number of alkyl carbamates (subject to hydrolysis) is 1. The third-order valence-electron chi connectivity index (χ3n) is 3.97. The first-order valence-electron chi connectivity index (χ1n) is 7.64. The summed E-state index contributed by atoms with van der Waals surface area (Å²) in [4.78, 5) is 25.2. The van der Waals surface area contributed by atoms with Gasteiger partial charge in [0.25, 0.3) is 0 Å². The van der Waals surface area contributed by atoms with E-state index in [0.29, 0.717) is 37.0 Å². The van der Waals surface area contributed by atoms with E-state index in [4.69, 9.17) is 4.74 Å². The third-order valence-corrected chi connectivity index (χ3v) is 3.97. The highest BCUT2D eigenvalue weighted by Crippen LogP contribution is 2.24. The SMILES string of the molecule is COC(=O)NCC1CCN(C(=O)Nc2ccccc2OC)CC1. The van der Waals surface area contributed by atoms with Crippen LogP contribution in [0.5, 0.6) is 5.75 Å². The van der Waals surface area contributed by atoms with Crippen molar-refractivity contribution < 1.29 is 19.1 Å². The number of nitrogens with zero attached hydrogens (tertiary/aromatic N) is 1. The quantitative estimate of drug-likeness (QED) is 0.892. The summed E-state index contributed by atoms with van der Waals surface area (Å²) in [5.74, 6) is 1.00. The zero-order valence-corrected chi connectivity index (χ0v) is 13.5. The van der Waals surface area contributed by atoms with Gasteiger partial charge in [-0.05, 0) is 30.9 Å². The summed E-state index contributed by atoms with van der Waals surface area (Å²) in [7, 11) is 2.92. The van der Waals surface area contributed by atoms with Crippen molar-refractivity contribution in [3.8, 4) is 5.75 Å². The molecule has 1 heterocycles. The molecule has 0 radical (unpaired) electrons. The van der Waals surface area contributed by atoms with E-state index >= 15 is 0 Å². The van der Waals surface area contributed by atoms with Gasteiger partial charge in [-0.15, -0.1) is 0 Å². The van der Waals surface area contributed by atoms with Gasteiger partial charge in [0.15, 0.2) is 0 Å². The Balaban J connectivity index is 1.80. The maximum atomic E-state index is 12.3. The maximum Gasteiger partial charge on any atom is 0.406 e. The lowest BCUT2D eigenvalue weighted by Crippen LogP contribution is -2.43. The summed E-state index contributed by atoms with van der Waals surface area (Å²) in [6, 6.07) is 7.19. The molecule has 23 heavy (non-hydrogen) atoms. The maximum absolute atomic E-state index is 12.3. The normalized spacial score (nSPS) is 15.0. The van der Waals surface area contributed by atoms with E-state index in [2.05, 4.69) is 15.4 Å². The smallest absolute Gasteiger partial charge is 0.406 e. The summed E-state index contributed by atoms with van der Waals surface area (Å²) in [6.07, 6.45) is 1.29. The molecule has 1 aromatic carbocycles. The van der Waals surface area contributed by atoms with Gasteiger partial charge < -0.3 is 25.0 Å². The Hall–Kier alpha value is -2.44. The fraction of sp³-hybridized carbons (Fsp3) is 0.500. The highest BCUT2D eigenvalue weighted by Gasteiger charge is 2.23. The van der Waals surface area contributed by atoms with Gasteiger partial charge in [0.1, 0.15) is 5.75 Å². The topological polar surface area (TPSA) is 79.9 Å². The van der Waals surface area contributed by atoms with Crippen molar-refractivity contribution in [3.63, 3.8) is 0 Å². The number of carbonyl (C=O) groups is 2. The van der Waals surface area contributed by atoms with E-state index < -0.39 is 6.09 Å². The second-order valence-corrected chi connectivity index (χ2v) is 5.43. The Bertz CT molecular complexity index is 542. The Morgan fingerprint density at radius 3 is 2.57 bits per heavy atom. The molecule has 0 atom stereocenters. The average Bonchev–Trinajstić information content (AvgIpc) is 2.60. The second-order valence-electron chi connectivity index (χ2n) is 5.43. The number of amides is 3. The van der Waals surface area contributed by atoms with Crippen LogP contribution in [0.15, 0.2) is 24.3 Å². The molecular weight excluding hydrogens is 298 g/mol. The highest BCUT2D eigenvalue weighted by molar-refractivity contribution is 5.91. The van der Waals surface area contributed by atoms with Gasteiger partial charge >= 0.3 is 12.1 Å². The van der Waals surface area contributed by atoms with E-state index in [1.54, 1.807) is 18.1 Å². The molecule has 0 spiro atoms. The summed E-state index contributed by atoms with van der Waals surface area (Å²) < 4.78 is 9.78. The number of rotatable bonds is 4. The van der Waals surface area contributed by atoms with Crippen LogP contribution in [-0.4, -0.2) is 50.9 Å². The number of nitrogens with one attached hydrogen (secondary N) is 2. The largest absolute Gasteiger partial charge is 0.495 e. The molecule has 3 amide bonds. The van der Waals surface area contributed by atoms with Gasteiger partial charge in [-0.3, -0.25) is 0 Å². The van der Waals surface area contributed by atoms with Crippen LogP contribution in [0.3, 0.4) is 0 Å². The van der Waals surface area contributed by atoms with E-state index in [1.807, 2.05) is 18.2 Å². The molecule has 0 saturated carbocycles. The van der Waals surface area contributed by atoms with E-state index in [9.17, 15) is 9.59 Å². The molecule has 7 nitrogen and oxygen atoms in total. The highest BCUT2D eigenvalue weighted by atomic mass is 16.5. The fourth-order valence-corrected chi connectivity index (χ4v) is 2.58. The van der Waals surface area contributed by atoms with Crippen LogP contribution in [0.2, 0.25) is 0 Å². The van der Waals surface area contributed by atoms with Crippen molar-refractivity contribution in [2.24, 2.45) is 5.92 Å². The minimum atomic E-state index is -0.415. The van der Waals surface area contributed by atoms with Crippen molar-refractivity contribution in [2.45, 2.75) is 12.8 Å². The predicted octanol–water partition coefficient (Wildman–Crippen LogP) is 2.30. The van der Waals surface area contributed by atoms with Gasteiger partial charge in [-0.2, -0.15) is 0 Å². The summed E-state index contributed by atoms with van der Waals surface area (Å²) in [6.45, 7) is 1.90. The van der Waals surface area contributed by atoms with Crippen molar-refractivity contribution in [3.05, 3.63) is 24.3 Å². The molecule has 0 bridgehead atoms. The number of anilines is 1. The molecule has 7 heteroatoms. The molecule has 0 unspecified atom stereocenters. The van der Waals surface area contributed by atoms with Crippen molar-refractivity contribution in [2.75, 3.05) is 39.2 Å². The number of likely N-dealkylation sites (tertiary alicyclic amines) is 1. The van der Waals surface area contributed by atoms with E-state index in [1.165, 1.54) is 7.11 Å². The Labute approximate surface area is 135 Å². The second kappa shape index (κ2) is 8.26. The zero-order valence-electron chi connectivity index (χ0n) is 13.5. The molecule has 1 saturated heterocycles. The van der Waals surface area contributed by atoms with E-state index in [-0.39, 0.29) is 6.03 Å². The van der Waals surface area contributed by atoms with Gasteiger partial charge in [0, 0.05) is 19.6 Å². The number of methoxy groups -OCH3 is 2. The first kappa shape index (κ1) is 16.9. The standard InChI is InChI=1S/C16H23N3O4/c1-22-14-6-4-3-5-13(14)18-15(20)19-9-7-12(8-10-19)11-17-16(21)23-2/h3-6,12H,7-11H2,1-2H3,(H,17,21)(H,18,20). The number of carbonyl (C=O) groups excluding carboxylic acids is 2. The van der Waals surface area contributed by atoms with Crippen LogP contribution >= 0.6 is 0 Å². The van der Waals surface area contributed by atoms with Crippen LogP contribution < -0.4 is 15.4 Å². The lowest BCUT2D eigenvalue weighted by molar-refractivity contribution is 0.160. The Kier molecular flexibility index (Phi) is 6.08. The molecule has 2 N–H and O–H groups in total. The van der Waals surface area contributed by atoms with E-state index in [0.717, 1.165) is 12.8 Å². The lowest BCUT2D eigenvalue weighted by atomic mass is 9.97. The van der Waals surface area contributed by atoms with Crippen molar-refractivity contribution >= 4 is 17.8 Å². The first-order chi connectivity index (χ1) is 11.1. The van der Waals surface area contributed by atoms with Gasteiger partial charge in [-0.25, -0.2) is 9.59 Å². The third kappa shape index (κ3) is 4.77. The lowest BCUT2D eigenvalue weighted by Gasteiger charge is -2.32. The van der Waals surface area contributed by atoms with Crippen LogP contribution in [0, 0.1) is 5.92 Å². The van der Waals surface area contributed by atoms with Crippen molar-refractivity contribution in [1.29, 1.82) is 0 Å². The minimum Gasteiger partial charge on any atom is -0.495 e. The first-order valence-corrected chi connectivity index (χ1v) is 7.64. The zero-order chi connectivity index (χ0) is 16.7. The average molecular weight is 321 g/mol. The number of benzene rings is 1. The fourth-order valence-electron chi connectivity index (χ4n) is 2.58. The minimum absolute atomic E-state index is 0.131. The summed E-state index contributed by atoms with van der Waals surface area (Å²) in [5.41, 5.74) is 0.662. The molecule has 1 aromatic rings. The molecule has 1 aliphatic heterocycles. The monoisotopic (exact) mass is 321 g/mol. The molecule has 0 aliphatic carbocycles. The number of hydrogen-bond acceptors (Lipinski definition) is 4. The van der Waals surface area contributed by atoms with Gasteiger partial charge in [0.05, 0.1) is 19.9 Å². The predicted molar refractivity (Wildman–Crippen MR) is 86.7 cm³/mol. The molecule has 1 fully saturated rings. The van der Waals surface area contributed by atoms with Gasteiger partial charge in [-0.1, -0.05) is 12.1 Å². The molecular formula is C16H23N3O4. The molecule has 126 valence electrons. The van der Waals surface area contributed by atoms with Crippen LogP contribution in [-0.2, 0) is 4.74 Å². The summed E-state index contributed by atoms with van der Waals surface area (Å²) in [5, 5.41) is 5.58. The number of urea groups is 1. The number of piperidine rings is 1. The van der Waals surface area contributed by atoms with Crippen LogP contribution in [0.25, 0.3) is 0 Å². The Morgan fingerprint density at radius 2 is 1.91 bits per heavy atom. The molecule has 2 rings (SSSR count).